The maximum absolute atomic E-state index is 12.7. The van der Waals surface area contributed by atoms with E-state index in [-0.39, 0.29) is 12.4 Å². The van der Waals surface area contributed by atoms with E-state index in [1.165, 1.54) is 0 Å². The Morgan fingerprint density at radius 1 is 0.931 bits per heavy atom. The summed E-state index contributed by atoms with van der Waals surface area (Å²) in [5, 5.41) is 0. The Balaban J connectivity index is 0.00000300. The van der Waals surface area contributed by atoms with Crippen LogP contribution in [0.5, 0.6) is 0 Å². The van der Waals surface area contributed by atoms with Gasteiger partial charge in [-0.3, -0.25) is 0 Å². The minimum absolute atomic E-state index is 0. The Hall–Kier alpha value is -2.41. The first-order valence-corrected chi connectivity index (χ1v) is 10.9. The van der Waals surface area contributed by atoms with Gasteiger partial charge in [-0.15, -0.1) is 0 Å². The summed E-state index contributed by atoms with van der Waals surface area (Å²) in [6, 6.07) is 23.1. The van der Waals surface area contributed by atoms with Gasteiger partial charge < -0.3 is 17.3 Å². The molecule has 0 aliphatic rings. The number of anilines is 1. The summed E-state index contributed by atoms with van der Waals surface area (Å²) in [6.07, 6.45) is 3.83. The minimum atomic E-state index is -3.54. The summed E-state index contributed by atoms with van der Waals surface area (Å²) in [6.45, 7) is 4.51. The molecule has 2 aromatic carbocycles. The second-order valence-electron chi connectivity index (χ2n) is 6.51. The van der Waals surface area contributed by atoms with Crippen molar-refractivity contribution in [2.24, 2.45) is 0 Å². The highest BCUT2D eigenvalue weighted by atomic mass is 35.5. The molecule has 0 atom stereocenters. The number of pyridine rings is 1. The van der Waals surface area contributed by atoms with Crippen molar-refractivity contribution >= 4 is 15.7 Å². The Morgan fingerprint density at radius 2 is 1.62 bits per heavy atom. The average molecular weight is 432 g/mol. The molecule has 1 aromatic heterocycles. The molecule has 0 unspecified atom stereocenters. The molecule has 0 fully saturated rings. The Bertz CT molecular complexity index is 983. The smallest absolute Gasteiger partial charge is 0.240 e. The Labute approximate surface area is 179 Å². The van der Waals surface area contributed by atoms with Crippen molar-refractivity contribution in [2.45, 2.75) is 24.9 Å². The summed E-state index contributed by atoms with van der Waals surface area (Å²) in [5.74, 6) is 0. The molecule has 0 aliphatic carbocycles. The van der Waals surface area contributed by atoms with Crippen LogP contribution in [0.1, 0.15) is 12.5 Å². The lowest BCUT2D eigenvalue weighted by molar-refractivity contribution is -0.694. The minimum Gasteiger partial charge on any atom is -1.00 e. The fourth-order valence-corrected chi connectivity index (χ4v) is 4.12. The van der Waals surface area contributed by atoms with E-state index >= 15 is 0 Å². The highest BCUT2D eigenvalue weighted by Crippen LogP contribution is 2.18. The number of sulfonamides is 1. The van der Waals surface area contributed by atoms with Crippen LogP contribution >= 0.6 is 0 Å². The molecule has 0 amide bonds. The van der Waals surface area contributed by atoms with E-state index in [0.717, 1.165) is 17.8 Å². The van der Waals surface area contributed by atoms with E-state index < -0.39 is 10.0 Å². The molecule has 0 saturated carbocycles. The lowest BCUT2D eigenvalue weighted by Crippen LogP contribution is -3.00. The number of para-hydroxylation sites is 1. The van der Waals surface area contributed by atoms with E-state index in [1.54, 1.807) is 18.2 Å². The van der Waals surface area contributed by atoms with Crippen LogP contribution < -0.4 is 26.6 Å². The van der Waals surface area contributed by atoms with Crippen molar-refractivity contribution in [1.29, 1.82) is 0 Å². The van der Waals surface area contributed by atoms with Crippen LogP contribution in [0.4, 0.5) is 5.69 Å². The number of nitrogens with zero attached hydrogens (tertiary/aromatic N) is 2. The standard InChI is InChI=1S/C22H26N3O2S.ClH/c1-2-25(21-11-5-3-6-12-21)19-20-10-9-13-22(18-20)28(26,27)23-14-17-24-15-7-4-8-16-24;/h3-13,15-16,18,23H,2,14,17,19H2,1H3;1H/q+1;/p-1. The molecule has 0 aliphatic heterocycles. The van der Waals surface area contributed by atoms with Crippen molar-refractivity contribution < 1.29 is 25.4 Å². The first-order valence-electron chi connectivity index (χ1n) is 9.41. The predicted molar refractivity (Wildman–Crippen MR) is 111 cm³/mol. The molecule has 0 radical (unpaired) electrons. The van der Waals surface area contributed by atoms with Crippen molar-refractivity contribution in [3.63, 3.8) is 0 Å². The fourth-order valence-electron chi connectivity index (χ4n) is 3.03. The largest absolute Gasteiger partial charge is 1.00 e. The predicted octanol–water partition coefficient (Wildman–Crippen LogP) is -0.0169. The first kappa shape index (κ1) is 22.9. The lowest BCUT2D eigenvalue weighted by Gasteiger charge is -2.23. The molecule has 5 nitrogen and oxygen atoms in total. The number of hydrogen-bond acceptors (Lipinski definition) is 3. The van der Waals surface area contributed by atoms with E-state index in [2.05, 4.69) is 28.7 Å². The van der Waals surface area contributed by atoms with Crippen LogP contribution in [0.2, 0.25) is 0 Å². The molecular weight excluding hydrogens is 406 g/mol. The third kappa shape index (κ3) is 6.56. The normalized spacial score (nSPS) is 10.9. The van der Waals surface area contributed by atoms with Gasteiger partial charge in [0.15, 0.2) is 18.9 Å². The zero-order valence-corrected chi connectivity index (χ0v) is 18.0. The van der Waals surface area contributed by atoms with Crippen LogP contribution in [0, 0.1) is 0 Å². The number of aromatic nitrogens is 1. The van der Waals surface area contributed by atoms with Crippen molar-refractivity contribution in [3.05, 3.63) is 90.8 Å². The van der Waals surface area contributed by atoms with Gasteiger partial charge in [0, 0.05) is 30.9 Å². The van der Waals surface area contributed by atoms with E-state index in [4.69, 9.17) is 0 Å². The highest BCUT2D eigenvalue weighted by molar-refractivity contribution is 7.89. The van der Waals surface area contributed by atoms with Gasteiger partial charge >= 0.3 is 0 Å². The van der Waals surface area contributed by atoms with Gasteiger partial charge in [-0.1, -0.05) is 36.4 Å². The molecule has 29 heavy (non-hydrogen) atoms. The third-order valence-electron chi connectivity index (χ3n) is 4.52. The van der Waals surface area contributed by atoms with Gasteiger partial charge in [0.05, 0.1) is 11.4 Å². The monoisotopic (exact) mass is 431 g/mol. The molecule has 1 heterocycles. The summed E-state index contributed by atoms with van der Waals surface area (Å²) >= 11 is 0. The van der Waals surface area contributed by atoms with Crippen molar-refractivity contribution in [2.75, 3.05) is 18.0 Å². The van der Waals surface area contributed by atoms with Gasteiger partial charge in [-0.05, 0) is 36.8 Å². The molecule has 0 saturated heterocycles. The molecule has 3 rings (SSSR count). The number of rotatable bonds is 9. The molecule has 154 valence electrons. The van der Waals surface area contributed by atoms with Crippen molar-refractivity contribution in [1.82, 2.24) is 4.72 Å². The van der Waals surface area contributed by atoms with Crippen LogP contribution in [0.3, 0.4) is 0 Å². The van der Waals surface area contributed by atoms with E-state index in [9.17, 15) is 8.42 Å². The molecule has 0 spiro atoms. The number of nitrogens with one attached hydrogen (secondary N) is 1. The van der Waals surface area contributed by atoms with Gasteiger partial charge in [0.2, 0.25) is 10.0 Å². The number of halogens is 1. The molecule has 0 bridgehead atoms. The fraction of sp³-hybridized carbons (Fsp3) is 0.227. The zero-order chi connectivity index (χ0) is 19.8. The summed E-state index contributed by atoms with van der Waals surface area (Å²) in [7, 11) is -3.54. The van der Waals surface area contributed by atoms with Crippen LogP contribution in [0.25, 0.3) is 0 Å². The lowest BCUT2D eigenvalue weighted by atomic mass is 10.2. The average Bonchev–Trinajstić information content (AvgIpc) is 2.73. The third-order valence-corrected chi connectivity index (χ3v) is 5.98. The number of hydrogen-bond donors (Lipinski definition) is 1. The number of benzene rings is 2. The maximum Gasteiger partial charge on any atom is 0.240 e. The molecule has 1 N–H and O–H groups in total. The quantitative estimate of drug-likeness (QED) is 0.485. The van der Waals surface area contributed by atoms with E-state index in [0.29, 0.717) is 24.5 Å². The summed E-state index contributed by atoms with van der Waals surface area (Å²) in [4.78, 5) is 2.51. The summed E-state index contributed by atoms with van der Waals surface area (Å²) < 4.78 is 30.0. The Kier molecular flexibility index (Phi) is 8.64. The van der Waals surface area contributed by atoms with E-state index in [1.807, 2.05) is 59.4 Å². The van der Waals surface area contributed by atoms with Crippen LogP contribution in [-0.4, -0.2) is 21.5 Å². The molecule has 7 heteroatoms. The zero-order valence-electron chi connectivity index (χ0n) is 16.4. The van der Waals surface area contributed by atoms with Gasteiger partial charge in [-0.2, -0.15) is 0 Å². The molecular formula is C22H26ClN3O2S. The van der Waals surface area contributed by atoms with Crippen LogP contribution in [0.15, 0.2) is 90.1 Å². The summed E-state index contributed by atoms with van der Waals surface area (Å²) in [5.41, 5.74) is 2.09. The Morgan fingerprint density at radius 3 is 2.31 bits per heavy atom. The molecule has 3 aromatic rings. The second-order valence-corrected chi connectivity index (χ2v) is 8.28. The maximum atomic E-state index is 12.7. The second kappa shape index (κ2) is 11.0. The van der Waals surface area contributed by atoms with Gasteiger partial charge in [-0.25, -0.2) is 17.7 Å². The van der Waals surface area contributed by atoms with Gasteiger partial charge in [0.1, 0.15) is 0 Å². The first-order chi connectivity index (χ1) is 13.6. The topological polar surface area (TPSA) is 53.3 Å². The van der Waals surface area contributed by atoms with Crippen molar-refractivity contribution in [3.8, 4) is 0 Å². The van der Waals surface area contributed by atoms with Crippen LogP contribution in [-0.2, 0) is 23.1 Å². The van der Waals surface area contributed by atoms with Gasteiger partial charge in [0.25, 0.3) is 0 Å². The SMILES string of the molecule is CCN(Cc1cccc(S(=O)(=O)NCC[n+]2ccccc2)c1)c1ccccc1.[Cl-]. The highest BCUT2D eigenvalue weighted by Gasteiger charge is 2.15.